The Morgan fingerprint density at radius 1 is 1.44 bits per heavy atom. The number of nitrogens with two attached hydrogens (primary N) is 1. The molecule has 0 amide bonds. The third kappa shape index (κ3) is 3.57. The summed E-state index contributed by atoms with van der Waals surface area (Å²) in [5.74, 6) is 0. The van der Waals surface area contributed by atoms with Crippen molar-refractivity contribution in [3.8, 4) is 0 Å². The van der Waals surface area contributed by atoms with Gasteiger partial charge >= 0.3 is 0 Å². The maximum Gasteiger partial charge on any atom is 0.0673 e. The first-order valence-electron chi connectivity index (χ1n) is 6.12. The normalized spacial score (nSPS) is 16.7. The average molecular weight is 311 g/mol. The van der Waals surface area contributed by atoms with Crippen LogP contribution in [0.3, 0.4) is 0 Å². The molecule has 4 heteroatoms. The molecule has 3 nitrogen and oxygen atoms in total. The van der Waals surface area contributed by atoms with Crippen molar-refractivity contribution in [2.45, 2.75) is 13.0 Å². The number of ether oxygens (including phenoxy) is 1. The number of halogens is 1. The van der Waals surface area contributed by atoms with E-state index in [1.54, 1.807) is 7.11 Å². The van der Waals surface area contributed by atoms with E-state index in [0.717, 1.165) is 42.8 Å². The van der Waals surface area contributed by atoms with Crippen molar-refractivity contribution < 1.29 is 4.74 Å². The quantitative estimate of drug-likeness (QED) is 0.686. The average Bonchev–Trinajstić information content (AvgIpc) is 2.37. The maximum atomic E-state index is 5.83. The van der Waals surface area contributed by atoms with Crippen molar-refractivity contribution in [2.75, 3.05) is 32.5 Å². The smallest absolute Gasteiger partial charge is 0.0673 e. The Morgan fingerprint density at radius 3 is 2.94 bits per heavy atom. The van der Waals surface area contributed by atoms with E-state index in [1.807, 2.05) is 18.2 Å². The lowest BCUT2D eigenvalue weighted by molar-refractivity contribution is 0.210. The van der Waals surface area contributed by atoms with Crippen molar-refractivity contribution in [1.82, 2.24) is 4.90 Å². The number of nitrogen functional groups attached to an aromatic ring is 1. The zero-order valence-corrected chi connectivity index (χ0v) is 12.2. The highest BCUT2D eigenvalue weighted by atomic mass is 79.9. The molecule has 1 aliphatic heterocycles. The second kappa shape index (κ2) is 6.36. The highest BCUT2D eigenvalue weighted by Crippen LogP contribution is 2.22. The molecule has 0 spiro atoms. The lowest BCUT2D eigenvalue weighted by atomic mass is 10.1. The van der Waals surface area contributed by atoms with E-state index >= 15 is 0 Å². The van der Waals surface area contributed by atoms with Crippen LogP contribution in [0.2, 0.25) is 0 Å². The van der Waals surface area contributed by atoms with Gasteiger partial charge in [-0.05, 0) is 35.8 Å². The van der Waals surface area contributed by atoms with E-state index in [9.17, 15) is 0 Å². The van der Waals surface area contributed by atoms with Crippen LogP contribution in [0, 0.1) is 0 Å². The molecule has 18 heavy (non-hydrogen) atoms. The molecule has 0 aromatic heterocycles. The third-order valence-electron chi connectivity index (χ3n) is 3.18. The molecule has 0 radical (unpaired) electrons. The molecule has 1 aliphatic rings. The summed E-state index contributed by atoms with van der Waals surface area (Å²) in [6.07, 6.45) is 3.36. The van der Waals surface area contributed by atoms with E-state index in [4.69, 9.17) is 10.5 Å². The molecule has 0 saturated carbocycles. The van der Waals surface area contributed by atoms with Gasteiger partial charge in [0.05, 0.1) is 6.61 Å². The fourth-order valence-corrected chi connectivity index (χ4v) is 2.54. The van der Waals surface area contributed by atoms with Crippen LogP contribution in [0.4, 0.5) is 5.69 Å². The van der Waals surface area contributed by atoms with Crippen LogP contribution in [0.15, 0.2) is 34.3 Å². The number of nitrogens with zero attached hydrogens (tertiary/aromatic N) is 1. The molecule has 98 valence electrons. The summed E-state index contributed by atoms with van der Waals surface area (Å²) in [5.41, 5.74) is 9.30. The number of anilines is 1. The van der Waals surface area contributed by atoms with Crippen LogP contribution in [-0.4, -0.2) is 31.7 Å². The molecule has 0 saturated heterocycles. The number of methoxy groups -OCH3 is 1. The van der Waals surface area contributed by atoms with Gasteiger partial charge in [0, 0.05) is 36.9 Å². The van der Waals surface area contributed by atoms with Crippen LogP contribution >= 0.6 is 15.9 Å². The molecule has 0 bridgehead atoms. The summed E-state index contributed by atoms with van der Waals surface area (Å²) in [4.78, 5) is 2.42. The Hall–Kier alpha value is -0.840. The van der Waals surface area contributed by atoms with Gasteiger partial charge in [-0.3, -0.25) is 4.90 Å². The second-order valence-electron chi connectivity index (χ2n) is 4.63. The van der Waals surface area contributed by atoms with Gasteiger partial charge in [0.15, 0.2) is 0 Å². The summed E-state index contributed by atoms with van der Waals surface area (Å²) in [6.45, 7) is 3.76. The predicted octanol–water partition coefficient (Wildman–Crippen LogP) is 2.81. The molecule has 1 aromatic carbocycles. The van der Waals surface area contributed by atoms with Crippen LogP contribution in [0.1, 0.15) is 12.0 Å². The van der Waals surface area contributed by atoms with Crippen LogP contribution in [0.5, 0.6) is 0 Å². The number of benzene rings is 1. The Morgan fingerprint density at radius 2 is 2.28 bits per heavy atom. The Bertz CT molecular complexity index is 445. The fourth-order valence-electron chi connectivity index (χ4n) is 2.17. The zero-order chi connectivity index (χ0) is 13.0. The zero-order valence-electron chi connectivity index (χ0n) is 10.7. The Labute approximate surface area is 117 Å². The number of hydrogen-bond donors (Lipinski definition) is 1. The fraction of sp³-hybridized carbons (Fsp3) is 0.429. The SMILES string of the molecule is COCC1=CCN(Cc2cc(N)ccc2Br)CC1. The minimum atomic E-state index is 0.760. The van der Waals surface area contributed by atoms with Crippen molar-refractivity contribution in [2.24, 2.45) is 0 Å². The van der Waals surface area contributed by atoms with Gasteiger partial charge < -0.3 is 10.5 Å². The summed E-state index contributed by atoms with van der Waals surface area (Å²) < 4.78 is 6.29. The van der Waals surface area contributed by atoms with Crippen molar-refractivity contribution in [1.29, 1.82) is 0 Å². The first-order valence-corrected chi connectivity index (χ1v) is 6.91. The van der Waals surface area contributed by atoms with E-state index in [-0.39, 0.29) is 0 Å². The van der Waals surface area contributed by atoms with E-state index in [1.165, 1.54) is 11.1 Å². The topological polar surface area (TPSA) is 38.5 Å². The molecule has 1 heterocycles. The molecule has 0 fully saturated rings. The Kier molecular flexibility index (Phi) is 4.80. The van der Waals surface area contributed by atoms with Crippen molar-refractivity contribution in [3.63, 3.8) is 0 Å². The minimum absolute atomic E-state index is 0.760. The van der Waals surface area contributed by atoms with Crippen LogP contribution < -0.4 is 5.73 Å². The van der Waals surface area contributed by atoms with Crippen molar-refractivity contribution in [3.05, 3.63) is 39.9 Å². The molecule has 2 rings (SSSR count). The molecule has 0 aliphatic carbocycles. The van der Waals surface area contributed by atoms with E-state index in [0.29, 0.717) is 0 Å². The maximum absolute atomic E-state index is 5.83. The predicted molar refractivity (Wildman–Crippen MR) is 78.4 cm³/mol. The summed E-state index contributed by atoms with van der Waals surface area (Å²) in [5, 5.41) is 0. The van der Waals surface area contributed by atoms with Crippen LogP contribution in [0.25, 0.3) is 0 Å². The Balaban J connectivity index is 1.97. The number of rotatable bonds is 4. The largest absolute Gasteiger partial charge is 0.399 e. The van der Waals surface area contributed by atoms with Gasteiger partial charge in [-0.25, -0.2) is 0 Å². The molecule has 0 unspecified atom stereocenters. The molecule has 0 atom stereocenters. The molecular formula is C14H19BrN2O. The van der Waals surface area contributed by atoms with Gasteiger partial charge in [-0.1, -0.05) is 22.0 Å². The second-order valence-corrected chi connectivity index (χ2v) is 5.49. The number of hydrogen-bond acceptors (Lipinski definition) is 3. The van der Waals surface area contributed by atoms with Gasteiger partial charge in [0.1, 0.15) is 0 Å². The molecular weight excluding hydrogens is 292 g/mol. The third-order valence-corrected chi connectivity index (χ3v) is 3.95. The van der Waals surface area contributed by atoms with Crippen LogP contribution in [-0.2, 0) is 11.3 Å². The molecule has 2 N–H and O–H groups in total. The lowest BCUT2D eigenvalue weighted by Gasteiger charge is -2.26. The molecule has 1 aromatic rings. The minimum Gasteiger partial charge on any atom is -0.399 e. The van der Waals surface area contributed by atoms with Gasteiger partial charge in [-0.2, -0.15) is 0 Å². The standard InChI is InChI=1S/C14H19BrN2O/c1-18-10-11-4-6-17(7-5-11)9-12-8-13(16)2-3-14(12)15/h2-4,8H,5-7,9-10,16H2,1H3. The summed E-state index contributed by atoms with van der Waals surface area (Å²) >= 11 is 3.58. The van der Waals surface area contributed by atoms with E-state index in [2.05, 4.69) is 26.9 Å². The first kappa shape index (κ1) is 13.6. The van der Waals surface area contributed by atoms with E-state index < -0.39 is 0 Å². The highest BCUT2D eigenvalue weighted by Gasteiger charge is 2.13. The van der Waals surface area contributed by atoms with Crippen molar-refractivity contribution >= 4 is 21.6 Å². The van der Waals surface area contributed by atoms with Gasteiger partial charge in [0.25, 0.3) is 0 Å². The highest BCUT2D eigenvalue weighted by molar-refractivity contribution is 9.10. The monoisotopic (exact) mass is 310 g/mol. The van der Waals surface area contributed by atoms with Gasteiger partial charge in [0.2, 0.25) is 0 Å². The summed E-state index contributed by atoms with van der Waals surface area (Å²) in [7, 11) is 1.75. The van der Waals surface area contributed by atoms with Gasteiger partial charge in [-0.15, -0.1) is 0 Å². The first-order chi connectivity index (χ1) is 8.69. The summed E-state index contributed by atoms with van der Waals surface area (Å²) in [6, 6.07) is 5.97. The lowest BCUT2D eigenvalue weighted by Crippen LogP contribution is -2.29.